The van der Waals surface area contributed by atoms with Crippen molar-refractivity contribution in [3.8, 4) is 22.5 Å². The average Bonchev–Trinajstić information content (AvgIpc) is 3.07. The predicted molar refractivity (Wildman–Crippen MR) is 103 cm³/mol. The second-order valence-electron chi connectivity index (χ2n) is 8.45. The quantitative estimate of drug-likeness (QED) is 0.482. The van der Waals surface area contributed by atoms with Crippen LogP contribution in [0.2, 0.25) is 0 Å². The number of nitrogens with one attached hydrogen (secondary N) is 1. The minimum absolute atomic E-state index is 0.0444. The van der Waals surface area contributed by atoms with Crippen LogP contribution in [0.4, 0.5) is 17.6 Å². The Hall–Kier alpha value is -3.30. The number of aryl methyl sites for hydroxylation is 2. The molecule has 1 saturated carbocycles. The zero-order chi connectivity index (χ0) is 21.7. The third kappa shape index (κ3) is 2.38. The van der Waals surface area contributed by atoms with Gasteiger partial charge in [0, 0.05) is 29.7 Å². The van der Waals surface area contributed by atoms with Crippen LogP contribution in [0.15, 0.2) is 18.3 Å². The van der Waals surface area contributed by atoms with Gasteiger partial charge in [-0.25, -0.2) is 22.5 Å². The van der Waals surface area contributed by atoms with Crippen molar-refractivity contribution in [3.63, 3.8) is 0 Å². The Morgan fingerprint density at radius 1 is 1.10 bits per heavy atom. The third-order valence-corrected chi connectivity index (χ3v) is 6.44. The van der Waals surface area contributed by atoms with Crippen molar-refractivity contribution in [3.05, 3.63) is 47.0 Å². The zero-order valence-electron chi connectivity index (χ0n) is 16.6. The Bertz CT molecular complexity index is 1390. The van der Waals surface area contributed by atoms with Crippen molar-refractivity contribution < 1.29 is 17.6 Å². The van der Waals surface area contributed by atoms with E-state index in [0.717, 1.165) is 6.20 Å². The Morgan fingerprint density at radius 2 is 1.87 bits per heavy atom. The summed E-state index contributed by atoms with van der Waals surface area (Å²) in [6.45, 7) is 3.29. The molecule has 0 saturated heterocycles. The average molecular weight is 428 g/mol. The number of H-pyrrole nitrogens is 1. The number of halogens is 4. The van der Waals surface area contributed by atoms with Crippen LogP contribution in [-0.4, -0.2) is 35.9 Å². The van der Waals surface area contributed by atoms with Crippen molar-refractivity contribution >= 4 is 11.0 Å². The lowest BCUT2D eigenvalue weighted by atomic mass is 9.93. The number of aromatic amines is 1. The lowest BCUT2D eigenvalue weighted by molar-refractivity contribution is 0.0630. The van der Waals surface area contributed by atoms with Gasteiger partial charge in [-0.05, 0) is 26.0 Å². The minimum Gasteiger partial charge on any atom is -0.267 e. The molecule has 4 aromatic heterocycles. The standard InChI is InChI=1S/C21H16F4N6/c1-9-14-16(17(23)10(2)27-19(14)29-28-9)15-13-5-20(7-21(20,24)25)8-31(13)30-18(15)12-4-3-11(22)6-26-12/h3-4,6H,5,7-8H2,1-2H3,(H,27,28,29)/t20-/m1/s1. The maximum absolute atomic E-state index is 15.6. The summed E-state index contributed by atoms with van der Waals surface area (Å²) in [5.41, 5.74) is 1.65. The van der Waals surface area contributed by atoms with Crippen LogP contribution >= 0.6 is 0 Å². The highest BCUT2D eigenvalue weighted by Crippen LogP contribution is 2.66. The van der Waals surface area contributed by atoms with Gasteiger partial charge >= 0.3 is 0 Å². The first kappa shape index (κ1) is 18.5. The molecular formula is C21H16F4N6. The van der Waals surface area contributed by atoms with E-state index in [9.17, 15) is 13.2 Å². The second-order valence-corrected chi connectivity index (χ2v) is 8.45. The van der Waals surface area contributed by atoms with Crippen LogP contribution in [0, 0.1) is 30.9 Å². The van der Waals surface area contributed by atoms with Gasteiger partial charge in [-0.3, -0.25) is 14.8 Å². The SMILES string of the molecule is Cc1nc2[nH]nc(C)c2c(-c2c(-c3ccc(F)cn3)nn3c2C[C@]2(C3)CC2(F)F)c1F. The smallest absolute Gasteiger partial charge is 0.256 e. The number of alkyl halides is 2. The molecule has 31 heavy (non-hydrogen) atoms. The minimum atomic E-state index is -2.77. The summed E-state index contributed by atoms with van der Waals surface area (Å²) in [4.78, 5) is 8.34. The van der Waals surface area contributed by atoms with Crippen LogP contribution in [-0.2, 0) is 13.0 Å². The molecule has 0 amide bonds. The Kier molecular flexibility index (Phi) is 3.39. The van der Waals surface area contributed by atoms with Gasteiger partial charge in [0.05, 0.1) is 40.6 Å². The molecule has 0 unspecified atom stereocenters. The molecule has 0 radical (unpaired) electrons. The van der Waals surface area contributed by atoms with E-state index >= 15 is 4.39 Å². The number of aromatic nitrogens is 6. The van der Waals surface area contributed by atoms with E-state index in [2.05, 4.69) is 25.3 Å². The number of rotatable bonds is 2. The second kappa shape index (κ2) is 5.68. The molecule has 6 rings (SSSR count). The highest BCUT2D eigenvalue weighted by atomic mass is 19.3. The van der Waals surface area contributed by atoms with Gasteiger partial charge in [0.2, 0.25) is 0 Å². The van der Waals surface area contributed by atoms with Gasteiger partial charge in [0.15, 0.2) is 11.5 Å². The summed E-state index contributed by atoms with van der Waals surface area (Å²) >= 11 is 0. The number of pyridine rings is 2. The van der Waals surface area contributed by atoms with Crippen LogP contribution in [0.1, 0.15) is 23.5 Å². The van der Waals surface area contributed by atoms with E-state index in [1.807, 2.05) is 0 Å². The maximum Gasteiger partial charge on any atom is 0.256 e. The molecule has 10 heteroatoms. The van der Waals surface area contributed by atoms with Crippen molar-refractivity contribution in [1.82, 2.24) is 29.9 Å². The summed E-state index contributed by atoms with van der Waals surface area (Å²) in [5, 5.41) is 12.0. The number of fused-ring (bicyclic) bond motifs is 2. The predicted octanol–water partition coefficient (Wildman–Crippen LogP) is 4.36. The lowest BCUT2D eigenvalue weighted by Gasteiger charge is -2.12. The van der Waals surface area contributed by atoms with Crippen molar-refractivity contribution in [2.24, 2.45) is 5.41 Å². The molecule has 1 aliphatic heterocycles. The molecule has 1 N–H and O–H groups in total. The first-order chi connectivity index (χ1) is 14.7. The highest BCUT2D eigenvalue weighted by Gasteiger charge is 2.73. The molecule has 1 fully saturated rings. The van der Waals surface area contributed by atoms with E-state index in [-0.39, 0.29) is 30.6 Å². The molecule has 1 aliphatic carbocycles. The highest BCUT2D eigenvalue weighted by molar-refractivity contribution is 5.99. The van der Waals surface area contributed by atoms with Crippen LogP contribution < -0.4 is 0 Å². The fraction of sp³-hybridized carbons (Fsp3) is 0.333. The molecule has 2 aliphatic rings. The van der Waals surface area contributed by atoms with Gasteiger partial charge in [0.1, 0.15) is 11.5 Å². The first-order valence-corrected chi connectivity index (χ1v) is 9.81. The van der Waals surface area contributed by atoms with Gasteiger partial charge in [-0.1, -0.05) is 0 Å². The van der Waals surface area contributed by atoms with Crippen LogP contribution in [0.3, 0.4) is 0 Å². The molecule has 158 valence electrons. The monoisotopic (exact) mass is 428 g/mol. The molecule has 0 aromatic carbocycles. The molecule has 1 atom stereocenters. The number of hydrogen-bond donors (Lipinski definition) is 1. The van der Waals surface area contributed by atoms with Gasteiger partial charge < -0.3 is 0 Å². The van der Waals surface area contributed by atoms with Crippen LogP contribution in [0.25, 0.3) is 33.5 Å². The maximum atomic E-state index is 15.6. The summed E-state index contributed by atoms with van der Waals surface area (Å²) < 4.78 is 58.9. The van der Waals surface area contributed by atoms with Gasteiger partial charge in [0.25, 0.3) is 5.92 Å². The molecule has 6 nitrogen and oxygen atoms in total. The largest absolute Gasteiger partial charge is 0.267 e. The fourth-order valence-electron chi connectivity index (χ4n) is 4.71. The van der Waals surface area contributed by atoms with E-state index in [0.29, 0.717) is 39.4 Å². The Morgan fingerprint density at radius 3 is 2.55 bits per heavy atom. The molecule has 5 heterocycles. The summed E-state index contributed by atoms with van der Waals surface area (Å²) in [7, 11) is 0. The first-order valence-electron chi connectivity index (χ1n) is 9.81. The number of hydrogen-bond acceptors (Lipinski definition) is 4. The third-order valence-electron chi connectivity index (χ3n) is 6.44. The van der Waals surface area contributed by atoms with E-state index in [1.165, 1.54) is 23.7 Å². The summed E-state index contributed by atoms with van der Waals surface area (Å²) in [5.74, 6) is -3.86. The molecule has 1 spiro atoms. The lowest BCUT2D eigenvalue weighted by Crippen LogP contribution is -2.13. The molecule has 0 bridgehead atoms. The topological polar surface area (TPSA) is 72.3 Å². The van der Waals surface area contributed by atoms with E-state index in [1.54, 1.807) is 6.92 Å². The Labute approximate surface area is 173 Å². The van der Waals surface area contributed by atoms with Crippen molar-refractivity contribution in [1.29, 1.82) is 0 Å². The molecule has 4 aromatic rings. The van der Waals surface area contributed by atoms with Crippen molar-refractivity contribution in [2.75, 3.05) is 0 Å². The van der Waals surface area contributed by atoms with Gasteiger partial charge in [-0.15, -0.1) is 0 Å². The van der Waals surface area contributed by atoms with E-state index in [4.69, 9.17) is 0 Å². The summed E-state index contributed by atoms with van der Waals surface area (Å²) in [6, 6.07) is 2.68. The Balaban J connectivity index is 1.67. The molecular weight excluding hydrogens is 412 g/mol. The normalized spacial score (nSPS) is 21.2. The summed E-state index contributed by atoms with van der Waals surface area (Å²) in [6.07, 6.45) is 0.903. The van der Waals surface area contributed by atoms with E-state index < -0.39 is 23.0 Å². The van der Waals surface area contributed by atoms with Crippen molar-refractivity contribution in [2.45, 2.75) is 39.2 Å². The van der Waals surface area contributed by atoms with Gasteiger partial charge in [-0.2, -0.15) is 10.2 Å². The fourth-order valence-corrected chi connectivity index (χ4v) is 4.71. The number of nitrogens with zero attached hydrogens (tertiary/aromatic N) is 5. The zero-order valence-corrected chi connectivity index (χ0v) is 16.6. The van der Waals surface area contributed by atoms with Crippen LogP contribution in [0.5, 0.6) is 0 Å².